The van der Waals surface area contributed by atoms with Crippen molar-refractivity contribution in [2.75, 3.05) is 12.8 Å². The lowest BCUT2D eigenvalue weighted by Crippen LogP contribution is -2.01. The number of esters is 1. The molecule has 0 spiro atoms. The molecule has 0 saturated carbocycles. The molecular weight excluding hydrogens is 280 g/mol. The van der Waals surface area contributed by atoms with Crippen LogP contribution in [0.5, 0.6) is 0 Å². The number of nitrogens with two attached hydrogens (primary N) is 1. The summed E-state index contributed by atoms with van der Waals surface area (Å²) in [6.45, 7) is 1.78. The molecule has 108 valence electrons. The van der Waals surface area contributed by atoms with Gasteiger partial charge in [-0.05, 0) is 25.3 Å². The van der Waals surface area contributed by atoms with E-state index in [-0.39, 0.29) is 5.97 Å². The number of oxazole rings is 1. The van der Waals surface area contributed by atoms with E-state index in [0.717, 1.165) is 18.4 Å². The number of anilines is 1. The number of methoxy groups -OCH3 is 1. The Labute approximate surface area is 122 Å². The van der Waals surface area contributed by atoms with E-state index in [4.69, 9.17) is 21.8 Å². The van der Waals surface area contributed by atoms with Crippen molar-refractivity contribution in [3.63, 3.8) is 0 Å². The molecule has 0 aliphatic rings. The number of carbonyl (C=O) groups is 1. The normalized spacial score (nSPS) is 10.9. The van der Waals surface area contributed by atoms with E-state index in [1.54, 1.807) is 13.0 Å². The average Bonchev–Trinajstić information content (AvgIpc) is 2.78. The second kappa shape index (κ2) is 6.13. The molecule has 0 saturated heterocycles. The fourth-order valence-electron chi connectivity index (χ4n) is 2.14. The number of carbonyl (C=O) groups excluding carboxylic acids is 1. The first-order chi connectivity index (χ1) is 9.52. The molecule has 0 bridgehead atoms. The highest BCUT2D eigenvalue weighted by atomic mass is 35.5. The van der Waals surface area contributed by atoms with Gasteiger partial charge in [-0.3, -0.25) is 4.79 Å². The zero-order valence-corrected chi connectivity index (χ0v) is 12.3. The van der Waals surface area contributed by atoms with Crippen LogP contribution in [0.15, 0.2) is 10.5 Å². The first-order valence-electron chi connectivity index (χ1n) is 6.43. The Hall–Kier alpha value is -1.75. The fraction of sp³-hybridized carbons (Fsp3) is 0.429. The number of hydrogen-bond acceptors (Lipinski definition) is 5. The smallest absolute Gasteiger partial charge is 0.305 e. The lowest BCUT2D eigenvalue weighted by atomic mass is 10.0. The molecule has 0 amide bonds. The topological polar surface area (TPSA) is 78.4 Å². The van der Waals surface area contributed by atoms with Crippen LogP contribution >= 0.6 is 11.6 Å². The van der Waals surface area contributed by atoms with Crippen LogP contribution in [0.4, 0.5) is 5.69 Å². The van der Waals surface area contributed by atoms with Gasteiger partial charge in [-0.25, -0.2) is 4.98 Å². The van der Waals surface area contributed by atoms with E-state index in [9.17, 15) is 4.79 Å². The van der Waals surface area contributed by atoms with E-state index >= 15 is 0 Å². The van der Waals surface area contributed by atoms with E-state index in [2.05, 4.69) is 9.72 Å². The largest absolute Gasteiger partial charge is 0.469 e. The van der Waals surface area contributed by atoms with E-state index < -0.39 is 0 Å². The monoisotopic (exact) mass is 296 g/mol. The second-order valence-electron chi connectivity index (χ2n) is 4.61. The van der Waals surface area contributed by atoms with Crippen molar-refractivity contribution >= 4 is 34.4 Å². The maximum absolute atomic E-state index is 11.1. The van der Waals surface area contributed by atoms with Crippen LogP contribution in [-0.4, -0.2) is 18.1 Å². The van der Waals surface area contributed by atoms with E-state index in [1.807, 2.05) is 0 Å². The Morgan fingerprint density at radius 3 is 2.95 bits per heavy atom. The van der Waals surface area contributed by atoms with Gasteiger partial charge in [0.25, 0.3) is 0 Å². The minimum atomic E-state index is -0.204. The predicted molar refractivity (Wildman–Crippen MR) is 77.7 cm³/mol. The number of benzene rings is 1. The summed E-state index contributed by atoms with van der Waals surface area (Å²) in [5.41, 5.74) is 8.79. The van der Waals surface area contributed by atoms with Crippen molar-refractivity contribution in [1.29, 1.82) is 0 Å². The Morgan fingerprint density at radius 2 is 2.25 bits per heavy atom. The standard InChI is InChI=1S/C14H17ClN2O3/c1-8-17-11-7-10(15)13(16)9(14(11)20-8)5-3-4-6-12(18)19-2/h7H,3-6,16H2,1-2H3. The summed E-state index contributed by atoms with van der Waals surface area (Å²) in [6, 6.07) is 1.71. The molecule has 0 unspecified atom stereocenters. The molecule has 5 nitrogen and oxygen atoms in total. The summed E-state index contributed by atoms with van der Waals surface area (Å²) < 4.78 is 10.2. The number of halogens is 1. The highest BCUT2D eigenvalue weighted by Crippen LogP contribution is 2.32. The minimum Gasteiger partial charge on any atom is -0.469 e. The summed E-state index contributed by atoms with van der Waals surface area (Å²) >= 11 is 6.11. The summed E-state index contributed by atoms with van der Waals surface area (Å²) in [7, 11) is 1.39. The van der Waals surface area contributed by atoms with Gasteiger partial charge < -0.3 is 14.9 Å². The number of rotatable bonds is 5. The fourth-order valence-corrected chi connectivity index (χ4v) is 2.36. The summed E-state index contributed by atoms with van der Waals surface area (Å²) in [5.74, 6) is 0.377. The SMILES string of the molecule is COC(=O)CCCCc1c(N)c(Cl)cc2nc(C)oc12. The van der Waals surface area contributed by atoms with Gasteiger partial charge in [0.1, 0.15) is 5.52 Å². The Balaban J connectivity index is 2.16. The number of hydrogen-bond donors (Lipinski definition) is 1. The van der Waals surface area contributed by atoms with Crippen molar-refractivity contribution < 1.29 is 13.9 Å². The zero-order valence-electron chi connectivity index (χ0n) is 11.5. The molecular formula is C14H17ClN2O3. The van der Waals surface area contributed by atoms with Crippen molar-refractivity contribution in [3.8, 4) is 0 Å². The van der Waals surface area contributed by atoms with Gasteiger partial charge in [-0.1, -0.05) is 11.6 Å². The number of ether oxygens (including phenoxy) is 1. The van der Waals surface area contributed by atoms with Gasteiger partial charge in [0.05, 0.1) is 17.8 Å². The van der Waals surface area contributed by atoms with Crippen LogP contribution in [0.1, 0.15) is 30.7 Å². The van der Waals surface area contributed by atoms with Crippen LogP contribution in [0.2, 0.25) is 5.02 Å². The molecule has 0 fully saturated rings. The molecule has 1 heterocycles. The molecule has 0 atom stereocenters. The highest BCUT2D eigenvalue weighted by molar-refractivity contribution is 6.34. The van der Waals surface area contributed by atoms with Crippen LogP contribution < -0.4 is 5.73 Å². The maximum Gasteiger partial charge on any atom is 0.305 e. The summed E-state index contributed by atoms with van der Waals surface area (Å²) in [4.78, 5) is 15.3. The van der Waals surface area contributed by atoms with Gasteiger partial charge in [0, 0.05) is 18.9 Å². The third-order valence-corrected chi connectivity index (χ3v) is 3.48. The molecule has 20 heavy (non-hydrogen) atoms. The van der Waals surface area contributed by atoms with Crippen LogP contribution in [-0.2, 0) is 16.0 Å². The molecule has 0 aliphatic carbocycles. The number of fused-ring (bicyclic) bond motifs is 1. The Morgan fingerprint density at radius 1 is 1.50 bits per heavy atom. The number of nitrogens with zero attached hydrogens (tertiary/aromatic N) is 1. The van der Waals surface area contributed by atoms with Crippen LogP contribution in [0.25, 0.3) is 11.1 Å². The summed E-state index contributed by atoms with van der Waals surface area (Å²) in [5, 5.41) is 0.480. The lowest BCUT2D eigenvalue weighted by Gasteiger charge is -2.07. The van der Waals surface area contributed by atoms with Crippen molar-refractivity contribution in [2.45, 2.75) is 32.6 Å². The average molecular weight is 297 g/mol. The number of aromatic nitrogens is 1. The molecule has 0 radical (unpaired) electrons. The van der Waals surface area contributed by atoms with Crippen molar-refractivity contribution in [3.05, 3.63) is 22.5 Å². The number of nitrogen functional groups attached to an aromatic ring is 1. The number of unbranched alkanes of at least 4 members (excludes halogenated alkanes) is 1. The summed E-state index contributed by atoms with van der Waals surface area (Å²) in [6.07, 6.45) is 2.62. The highest BCUT2D eigenvalue weighted by Gasteiger charge is 2.15. The van der Waals surface area contributed by atoms with Crippen LogP contribution in [0.3, 0.4) is 0 Å². The van der Waals surface area contributed by atoms with Crippen molar-refractivity contribution in [2.24, 2.45) is 0 Å². The Kier molecular flexibility index (Phi) is 4.49. The molecule has 0 aliphatic heterocycles. The first kappa shape index (κ1) is 14.7. The lowest BCUT2D eigenvalue weighted by molar-refractivity contribution is -0.140. The van der Waals surface area contributed by atoms with Crippen LogP contribution in [0, 0.1) is 6.92 Å². The predicted octanol–water partition coefficient (Wildman–Crippen LogP) is 3.26. The maximum atomic E-state index is 11.1. The van der Waals surface area contributed by atoms with Gasteiger partial charge in [0.15, 0.2) is 11.5 Å². The van der Waals surface area contributed by atoms with E-state index in [0.29, 0.717) is 40.5 Å². The second-order valence-corrected chi connectivity index (χ2v) is 5.02. The molecule has 1 aromatic heterocycles. The van der Waals surface area contributed by atoms with Gasteiger partial charge in [-0.2, -0.15) is 0 Å². The third-order valence-electron chi connectivity index (χ3n) is 3.17. The molecule has 2 aromatic rings. The quantitative estimate of drug-likeness (QED) is 0.520. The van der Waals surface area contributed by atoms with Gasteiger partial charge in [-0.15, -0.1) is 0 Å². The molecule has 1 aromatic carbocycles. The number of aryl methyl sites for hydroxylation is 2. The minimum absolute atomic E-state index is 0.204. The molecule has 2 N–H and O–H groups in total. The molecule has 6 heteroatoms. The Bertz CT molecular complexity index is 637. The third kappa shape index (κ3) is 3.04. The van der Waals surface area contributed by atoms with Gasteiger partial charge in [0.2, 0.25) is 0 Å². The van der Waals surface area contributed by atoms with Gasteiger partial charge >= 0.3 is 5.97 Å². The van der Waals surface area contributed by atoms with E-state index in [1.165, 1.54) is 7.11 Å². The zero-order chi connectivity index (χ0) is 14.7. The first-order valence-corrected chi connectivity index (χ1v) is 6.81. The molecule has 2 rings (SSSR count). The van der Waals surface area contributed by atoms with Crippen molar-refractivity contribution in [1.82, 2.24) is 4.98 Å².